The van der Waals surface area contributed by atoms with Gasteiger partial charge in [-0.3, -0.25) is 4.79 Å². The first kappa shape index (κ1) is 20.7. The van der Waals surface area contributed by atoms with Crippen LogP contribution in [0, 0.1) is 0 Å². The van der Waals surface area contributed by atoms with Crippen molar-refractivity contribution in [3.8, 4) is 0 Å². The number of amides is 1. The van der Waals surface area contributed by atoms with Gasteiger partial charge in [0.2, 0.25) is 5.91 Å². The first-order valence-corrected chi connectivity index (χ1v) is 6.96. The molecule has 1 rings (SSSR count). The molecule has 0 radical (unpaired) electrons. The summed E-state index contributed by atoms with van der Waals surface area (Å²) in [5, 5.41) is 2.72. The highest BCUT2D eigenvalue weighted by Crippen LogP contribution is 2.31. The highest BCUT2D eigenvalue weighted by Gasteiger charge is 2.31. The number of hydrogen-bond donors (Lipinski definition) is 2. The van der Waals surface area contributed by atoms with Crippen LogP contribution in [0.4, 0.5) is 13.2 Å². The van der Waals surface area contributed by atoms with Crippen molar-refractivity contribution >= 4 is 18.3 Å². The van der Waals surface area contributed by atoms with E-state index in [1.807, 2.05) is 6.92 Å². The van der Waals surface area contributed by atoms with E-state index in [-0.39, 0.29) is 24.4 Å². The molecule has 0 aliphatic heterocycles. The molecule has 0 bridgehead atoms. The van der Waals surface area contributed by atoms with Gasteiger partial charge in [-0.05, 0) is 31.4 Å². The van der Waals surface area contributed by atoms with Gasteiger partial charge in [-0.2, -0.15) is 13.2 Å². The normalized spacial score (nSPS) is 13.9. The van der Waals surface area contributed by atoms with E-state index in [2.05, 4.69) is 5.32 Å². The van der Waals surface area contributed by atoms with E-state index in [1.165, 1.54) is 6.07 Å². The number of hydrogen-bond acceptors (Lipinski definition) is 2. The lowest BCUT2D eigenvalue weighted by Crippen LogP contribution is -2.32. The molecule has 2 atom stereocenters. The van der Waals surface area contributed by atoms with Gasteiger partial charge >= 0.3 is 6.18 Å². The van der Waals surface area contributed by atoms with E-state index in [4.69, 9.17) is 5.73 Å². The molecular weight excluding hydrogens is 317 g/mol. The Bertz CT molecular complexity index is 478. The molecule has 0 heterocycles. The minimum absolute atomic E-state index is 0. The number of rotatable bonds is 6. The predicted octanol–water partition coefficient (Wildman–Crippen LogP) is 3.47. The quantitative estimate of drug-likeness (QED) is 0.834. The number of carbonyl (C=O) groups excluding carboxylic acids is 1. The van der Waals surface area contributed by atoms with Gasteiger partial charge in [0.05, 0.1) is 11.5 Å². The first-order chi connectivity index (χ1) is 9.75. The van der Waals surface area contributed by atoms with Gasteiger partial charge in [0.25, 0.3) is 0 Å². The number of nitrogens with one attached hydrogen (secondary N) is 1. The highest BCUT2D eigenvalue weighted by atomic mass is 35.5. The predicted molar refractivity (Wildman–Crippen MR) is 83.0 cm³/mol. The zero-order chi connectivity index (χ0) is 16.0. The second-order valence-electron chi connectivity index (χ2n) is 5.14. The van der Waals surface area contributed by atoms with Gasteiger partial charge in [0, 0.05) is 12.6 Å². The van der Waals surface area contributed by atoms with Gasteiger partial charge in [-0.15, -0.1) is 12.4 Å². The molecule has 0 spiro atoms. The molecule has 1 aromatic rings. The summed E-state index contributed by atoms with van der Waals surface area (Å²) in [6.45, 7) is 4.03. The topological polar surface area (TPSA) is 55.1 Å². The molecule has 0 aliphatic rings. The van der Waals surface area contributed by atoms with E-state index >= 15 is 0 Å². The first-order valence-electron chi connectivity index (χ1n) is 6.96. The van der Waals surface area contributed by atoms with Gasteiger partial charge in [0.15, 0.2) is 0 Å². The Kier molecular flexibility index (Phi) is 8.48. The van der Waals surface area contributed by atoms with Gasteiger partial charge in [-0.25, -0.2) is 0 Å². The largest absolute Gasteiger partial charge is 0.416 e. The van der Waals surface area contributed by atoms with Crippen LogP contribution in [0.15, 0.2) is 24.3 Å². The van der Waals surface area contributed by atoms with Crippen LogP contribution in [0.25, 0.3) is 0 Å². The van der Waals surface area contributed by atoms with Crippen molar-refractivity contribution in [2.24, 2.45) is 5.73 Å². The van der Waals surface area contributed by atoms with E-state index in [0.717, 1.165) is 12.1 Å². The zero-order valence-corrected chi connectivity index (χ0v) is 13.4. The number of alkyl halides is 3. The molecule has 0 fully saturated rings. The van der Waals surface area contributed by atoms with Crippen molar-refractivity contribution in [1.29, 1.82) is 0 Å². The molecule has 0 aliphatic carbocycles. The van der Waals surface area contributed by atoms with Crippen LogP contribution in [-0.2, 0) is 11.0 Å². The van der Waals surface area contributed by atoms with Crippen molar-refractivity contribution in [2.75, 3.05) is 6.54 Å². The second kappa shape index (κ2) is 9.00. The molecule has 126 valence electrons. The van der Waals surface area contributed by atoms with Crippen molar-refractivity contribution in [2.45, 2.75) is 44.8 Å². The lowest BCUT2D eigenvalue weighted by atomic mass is 9.94. The molecule has 3 nitrogen and oxygen atoms in total. The maximum atomic E-state index is 12.7. The molecule has 22 heavy (non-hydrogen) atoms. The summed E-state index contributed by atoms with van der Waals surface area (Å²) in [5.41, 5.74) is 5.24. The smallest absolute Gasteiger partial charge is 0.356 e. The van der Waals surface area contributed by atoms with Crippen molar-refractivity contribution in [1.82, 2.24) is 5.32 Å². The van der Waals surface area contributed by atoms with E-state index in [1.54, 1.807) is 13.0 Å². The average Bonchev–Trinajstić information content (AvgIpc) is 2.38. The third-order valence-corrected chi connectivity index (χ3v) is 3.24. The van der Waals surface area contributed by atoms with E-state index in [0.29, 0.717) is 24.9 Å². The summed E-state index contributed by atoms with van der Waals surface area (Å²) < 4.78 is 38.1. The Hall–Kier alpha value is -1.27. The fourth-order valence-corrected chi connectivity index (χ4v) is 2.05. The van der Waals surface area contributed by atoms with Gasteiger partial charge in [0.1, 0.15) is 0 Å². The van der Waals surface area contributed by atoms with Crippen molar-refractivity contribution < 1.29 is 18.0 Å². The minimum Gasteiger partial charge on any atom is -0.356 e. The minimum atomic E-state index is -4.40. The Morgan fingerprint density at radius 2 is 2.00 bits per heavy atom. The number of nitrogens with two attached hydrogens (primary N) is 1. The van der Waals surface area contributed by atoms with Crippen LogP contribution in [0.5, 0.6) is 0 Å². The fourth-order valence-electron chi connectivity index (χ4n) is 2.05. The van der Waals surface area contributed by atoms with Crippen molar-refractivity contribution in [3.63, 3.8) is 0 Å². The Balaban J connectivity index is 0.00000441. The monoisotopic (exact) mass is 338 g/mol. The Labute approximate surface area is 134 Å². The fraction of sp³-hybridized carbons (Fsp3) is 0.533. The second-order valence-corrected chi connectivity index (χ2v) is 5.14. The SMILES string of the molecule is CCC(C(=O)NCCC(C)N)c1cccc(C(F)(F)F)c1.Cl. The lowest BCUT2D eigenvalue weighted by molar-refractivity contribution is -0.137. The summed E-state index contributed by atoms with van der Waals surface area (Å²) in [7, 11) is 0. The van der Waals surface area contributed by atoms with Crippen LogP contribution >= 0.6 is 12.4 Å². The van der Waals surface area contributed by atoms with E-state index < -0.39 is 17.7 Å². The van der Waals surface area contributed by atoms with Crippen LogP contribution < -0.4 is 11.1 Å². The number of halogens is 4. The van der Waals surface area contributed by atoms with Crippen molar-refractivity contribution in [3.05, 3.63) is 35.4 Å². The number of carbonyl (C=O) groups is 1. The maximum absolute atomic E-state index is 12.7. The summed E-state index contributed by atoms with van der Waals surface area (Å²) in [4.78, 5) is 12.1. The highest BCUT2D eigenvalue weighted by molar-refractivity contribution is 5.85. The standard InChI is InChI=1S/C15H21F3N2O.ClH/c1-3-13(14(21)20-8-7-10(2)19)11-5-4-6-12(9-11)15(16,17)18;/h4-6,9-10,13H,3,7-8,19H2,1-2H3,(H,20,21);1H. The Morgan fingerprint density at radius 1 is 1.36 bits per heavy atom. The summed E-state index contributed by atoms with van der Waals surface area (Å²) in [6.07, 6.45) is -3.34. The van der Waals surface area contributed by atoms with Gasteiger partial charge < -0.3 is 11.1 Å². The maximum Gasteiger partial charge on any atom is 0.416 e. The molecular formula is C15H22ClF3N2O. The molecule has 1 amide bonds. The third kappa shape index (κ3) is 6.23. The molecule has 0 aromatic heterocycles. The summed E-state index contributed by atoms with van der Waals surface area (Å²) >= 11 is 0. The molecule has 2 unspecified atom stereocenters. The lowest BCUT2D eigenvalue weighted by Gasteiger charge is -2.17. The average molecular weight is 339 g/mol. The summed E-state index contributed by atoms with van der Waals surface area (Å²) in [6, 6.07) is 4.90. The zero-order valence-electron chi connectivity index (χ0n) is 12.6. The summed E-state index contributed by atoms with van der Waals surface area (Å²) in [5.74, 6) is -0.849. The van der Waals surface area contributed by atoms with Gasteiger partial charge in [-0.1, -0.05) is 25.1 Å². The van der Waals surface area contributed by atoms with Crippen LogP contribution in [0.2, 0.25) is 0 Å². The van der Waals surface area contributed by atoms with Crippen LogP contribution in [-0.4, -0.2) is 18.5 Å². The molecule has 0 saturated carbocycles. The van der Waals surface area contributed by atoms with Crippen LogP contribution in [0.3, 0.4) is 0 Å². The molecule has 1 aromatic carbocycles. The molecule has 0 saturated heterocycles. The molecule has 3 N–H and O–H groups in total. The Morgan fingerprint density at radius 3 is 2.50 bits per heavy atom. The molecule has 7 heteroatoms. The van der Waals surface area contributed by atoms with E-state index in [9.17, 15) is 18.0 Å². The van der Waals surface area contributed by atoms with Crippen LogP contribution in [0.1, 0.15) is 43.7 Å². The number of benzene rings is 1. The third-order valence-electron chi connectivity index (χ3n) is 3.24.